The zero-order valence-corrected chi connectivity index (χ0v) is 12.0. The van der Waals surface area contributed by atoms with Gasteiger partial charge in [-0.3, -0.25) is 0 Å². The van der Waals surface area contributed by atoms with Crippen LogP contribution in [0.15, 0.2) is 40.9 Å². The Hall–Kier alpha value is -1.57. The molecule has 0 saturated carbocycles. The molecule has 0 aromatic heterocycles. The summed E-state index contributed by atoms with van der Waals surface area (Å²) in [5.74, 6) is 0.0186. The van der Waals surface area contributed by atoms with Crippen molar-refractivity contribution in [2.45, 2.75) is 6.61 Å². The third-order valence-electron chi connectivity index (χ3n) is 2.45. The molecule has 0 radical (unpaired) electrons. The van der Waals surface area contributed by atoms with E-state index in [9.17, 15) is 4.39 Å². The van der Waals surface area contributed by atoms with Crippen LogP contribution in [0.4, 0.5) is 4.39 Å². The molecule has 2 rings (SSSR count). The van der Waals surface area contributed by atoms with Crippen LogP contribution in [0.1, 0.15) is 11.1 Å². The molecule has 0 spiro atoms. The number of halogens is 3. The van der Waals surface area contributed by atoms with E-state index < -0.39 is 0 Å². The summed E-state index contributed by atoms with van der Waals surface area (Å²) in [4.78, 5) is 0. The number of nitriles is 1. The van der Waals surface area contributed by atoms with Crippen LogP contribution in [0.5, 0.6) is 5.75 Å². The van der Waals surface area contributed by atoms with Crippen LogP contribution in [0.3, 0.4) is 0 Å². The van der Waals surface area contributed by atoms with Gasteiger partial charge >= 0.3 is 0 Å². The summed E-state index contributed by atoms with van der Waals surface area (Å²) in [7, 11) is 0. The lowest BCUT2D eigenvalue weighted by molar-refractivity contribution is 0.299. The fourth-order valence-corrected chi connectivity index (χ4v) is 2.08. The van der Waals surface area contributed by atoms with Crippen LogP contribution in [-0.4, -0.2) is 0 Å². The average Bonchev–Trinajstić information content (AvgIpc) is 2.40. The third-order valence-corrected chi connectivity index (χ3v) is 3.18. The molecule has 0 saturated heterocycles. The smallest absolute Gasteiger partial charge is 0.137 e. The van der Waals surface area contributed by atoms with Crippen molar-refractivity contribution in [2.24, 2.45) is 0 Å². The maximum absolute atomic E-state index is 13.5. The second-order valence-corrected chi connectivity index (χ2v) is 5.13. The lowest BCUT2D eigenvalue weighted by Crippen LogP contribution is -2.00. The normalized spacial score (nSPS) is 10.0. The molecule has 5 heteroatoms. The van der Waals surface area contributed by atoms with Gasteiger partial charge in [-0.1, -0.05) is 27.5 Å². The van der Waals surface area contributed by atoms with Crippen molar-refractivity contribution < 1.29 is 9.13 Å². The Morgan fingerprint density at radius 2 is 2.05 bits per heavy atom. The molecular formula is C14H8BrClFNO. The molecule has 0 N–H and O–H groups in total. The maximum Gasteiger partial charge on any atom is 0.137 e. The van der Waals surface area contributed by atoms with E-state index in [1.165, 1.54) is 18.2 Å². The van der Waals surface area contributed by atoms with Crippen molar-refractivity contribution >= 4 is 27.5 Å². The molecule has 19 heavy (non-hydrogen) atoms. The molecule has 0 aliphatic rings. The Bertz CT molecular complexity index is 654. The minimum atomic E-state index is -0.389. The fourth-order valence-electron chi connectivity index (χ4n) is 1.52. The van der Waals surface area contributed by atoms with Crippen LogP contribution < -0.4 is 4.74 Å². The first-order valence-corrected chi connectivity index (χ1v) is 6.53. The average molecular weight is 341 g/mol. The zero-order valence-electron chi connectivity index (χ0n) is 9.66. The molecule has 0 heterocycles. The lowest BCUT2D eigenvalue weighted by atomic mass is 10.2. The molecule has 0 unspecified atom stereocenters. The van der Waals surface area contributed by atoms with Crippen LogP contribution in [-0.2, 0) is 6.61 Å². The minimum absolute atomic E-state index is 0.0166. The molecule has 96 valence electrons. The summed E-state index contributed by atoms with van der Waals surface area (Å²) in [6.45, 7) is 0.0166. The predicted molar refractivity (Wildman–Crippen MR) is 74.6 cm³/mol. The van der Waals surface area contributed by atoms with Crippen molar-refractivity contribution in [3.63, 3.8) is 0 Å². The first-order valence-electron chi connectivity index (χ1n) is 5.36. The minimum Gasteiger partial charge on any atom is -0.487 e. The second-order valence-electron chi connectivity index (χ2n) is 3.78. The molecule has 2 aromatic rings. The molecule has 0 bridgehead atoms. The molecular weight excluding hydrogens is 333 g/mol. The first kappa shape index (κ1) is 13.9. The molecule has 0 fully saturated rings. The van der Waals surface area contributed by atoms with E-state index in [1.54, 1.807) is 18.2 Å². The SMILES string of the molecule is N#Cc1cc(Br)ccc1OCc1cc(Cl)ccc1F. The lowest BCUT2D eigenvalue weighted by Gasteiger charge is -2.09. The highest BCUT2D eigenvalue weighted by Gasteiger charge is 2.07. The van der Waals surface area contributed by atoms with Crippen molar-refractivity contribution in [1.82, 2.24) is 0 Å². The largest absolute Gasteiger partial charge is 0.487 e. The Morgan fingerprint density at radius 1 is 1.26 bits per heavy atom. The van der Waals surface area contributed by atoms with Crippen molar-refractivity contribution in [3.8, 4) is 11.8 Å². The number of ether oxygens (including phenoxy) is 1. The first-order chi connectivity index (χ1) is 9.10. The summed E-state index contributed by atoms with van der Waals surface area (Å²) in [5.41, 5.74) is 0.733. The van der Waals surface area contributed by atoms with Gasteiger partial charge < -0.3 is 4.74 Å². The Labute approximate surface area is 123 Å². The van der Waals surface area contributed by atoms with Crippen LogP contribution >= 0.6 is 27.5 Å². The van der Waals surface area contributed by atoms with Gasteiger partial charge in [-0.2, -0.15) is 5.26 Å². The quantitative estimate of drug-likeness (QED) is 0.812. The molecule has 0 atom stereocenters. The van der Waals surface area contributed by atoms with Crippen molar-refractivity contribution in [3.05, 3.63) is 62.8 Å². The highest BCUT2D eigenvalue weighted by molar-refractivity contribution is 9.10. The molecule has 0 aliphatic carbocycles. The zero-order chi connectivity index (χ0) is 13.8. The van der Waals surface area contributed by atoms with E-state index in [-0.39, 0.29) is 12.4 Å². The van der Waals surface area contributed by atoms with Crippen LogP contribution in [0.25, 0.3) is 0 Å². The van der Waals surface area contributed by atoms with Crippen LogP contribution in [0.2, 0.25) is 5.02 Å². The van der Waals surface area contributed by atoms with E-state index in [0.717, 1.165) is 4.47 Å². The Morgan fingerprint density at radius 3 is 2.79 bits per heavy atom. The molecule has 2 aromatic carbocycles. The summed E-state index contributed by atoms with van der Waals surface area (Å²) >= 11 is 9.07. The van der Waals surface area contributed by atoms with Crippen molar-refractivity contribution in [1.29, 1.82) is 5.26 Å². The standard InChI is InChI=1S/C14H8BrClFNO/c15-11-1-4-14(9(5-11)7-18)19-8-10-6-12(16)2-3-13(10)17/h1-6H,8H2. The Balaban J connectivity index is 2.19. The van der Waals surface area contributed by atoms with Gasteiger partial charge in [0.2, 0.25) is 0 Å². The number of hydrogen-bond donors (Lipinski definition) is 0. The van der Waals surface area contributed by atoms with Crippen LogP contribution in [0, 0.1) is 17.1 Å². The second kappa shape index (κ2) is 6.05. The number of rotatable bonds is 3. The molecule has 0 aliphatic heterocycles. The van der Waals surface area contributed by atoms with Crippen molar-refractivity contribution in [2.75, 3.05) is 0 Å². The van der Waals surface area contributed by atoms with Gasteiger partial charge in [0.05, 0.1) is 5.56 Å². The van der Waals surface area contributed by atoms with E-state index in [4.69, 9.17) is 21.6 Å². The fraction of sp³-hybridized carbons (Fsp3) is 0.0714. The van der Waals surface area contributed by atoms with Gasteiger partial charge in [-0.15, -0.1) is 0 Å². The van der Waals surface area contributed by atoms with Gasteiger partial charge in [-0.05, 0) is 36.4 Å². The molecule has 2 nitrogen and oxygen atoms in total. The van der Waals surface area contributed by atoms with Gasteiger partial charge in [0.1, 0.15) is 24.2 Å². The Kier molecular flexibility index (Phi) is 4.41. The van der Waals surface area contributed by atoms with E-state index in [2.05, 4.69) is 15.9 Å². The topological polar surface area (TPSA) is 33.0 Å². The summed E-state index contributed by atoms with van der Waals surface area (Å²) in [6, 6.07) is 11.3. The number of nitrogens with zero attached hydrogens (tertiary/aromatic N) is 1. The monoisotopic (exact) mass is 339 g/mol. The number of hydrogen-bond acceptors (Lipinski definition) is 2. The van der Waals surface area contributed by atoms with Gasteiger partial charge in [0.25, 0.3) is 0 Å². The summed E-state index contributed by atoms with van der Waals surface area (Å²) < 4.78 is 19.8. The van der Waals surface area contributed by atoms with Gasteiger partial charge in [0, 0.05) is 15.1 Å². The van der Waals surface area contributed by atoms with E-state index >= 15 is 0 Å². The highest BCUT2D eigenvalue weighted by Crippen LogP contribution is 2.24. The number of benzene rings is 2. The summed E-state index contributed by atoms with van der Waals surface area (Å²) in [6.07, 6.45) is 0. The van der Waals surface area contributed by atoms with E-state index in [0.29, 0.717) is 21.9 Å². The van der Waals surface area contributed by atoms with Gasteiger partial charge in [-0.25, -0.2) is 4.39 Å². The predicted octanol–water partition coefficient (Wildman–Crippen LogP) is 4.69. The third kappa shape index (κ3) is 3.46. The summed E-state index contributed by atoms with van der Waals surface area (Å²) in [5, 5.41) is 9.43. The highest BCUT2D eigenvalue weighted by atomic mass is 79.9. The molecule has 0 amide bonds. The van der Waals surface area contributed by atoms with E-state index in [1.807, 2.05) is 6.07 Å². The van der Waals surface area contributed by atoms with Gasteiger partial charge in [0.15, 0.2) is 0 Å². The maximum atomic E-state index is 13.5.